The molecule has 1 aromatic heterocycles. The monoisotopic (exact) mass is 335 g/mol. The van der Waals surface area contributed by atoms with E-state index in [1.807, 2.05) is 19.4 Å². The van der Waals surface area contributed by atoms with E-state index in [-0.39, 0.29) is 18.1 Å². The van der Waals surface area contributed by atoms with Crippen LogP contribution in [0.25, 0.3) is 0 Å². The summed E-state index contributed by atoms with van der Waals surface area (Å²) in [6, 6.07) is -0.0516. The van der Waals surface area contributed by atoms with Crippen LogP contribution >= 0.6 is 0 Å². The molecule has 1 amide bonds. The van der Waals surface area contributed by atoms with Crippen LogP contribution in [0.5, 0.6) is 0 Å². The summed E-state index contributed by atoms with van der Waals surface area (Å²) in [6.07, 6.45) is 6.13. The summed E-state index contributed by atoms with van der Waals surface area (Å²) in [4.78, 5) is 17.1. The molecule has 1 aromatic rings. The molecule has 0 aromatic carbocycles. The Morgan fingerprint density at radius 2 is 2.12 bits per heavy atom. The number of carbonyl (C=O) groups excluding carboxylic acids is 1. The summed E-state index contributed by atoms with van der Waals surface area (Å²) >= 11 is 0. The molecule has 2 heterocycles. The number of aromatic nitrogens is 2. The lowest BCUT2D eigenvalue weighted by molar-refractivity contribution is -0.124. The Morgan fingerprint density at radius 1 is 1.33 bits per heavy atom. The third-order valence-corrected chi connectivity index (χ3v) is 5.20. The first kappa shape index (κ1) is 17.4. The molecule has 3 rings (SSSR count). The molecular formula is C17H29N5O2. The number of aryl methyl sites for hydroxylation is 1. The summed E-state index contributed by atoms with van der Waals surface area (Å²) in [5.41, 5.74) is 1.03. The molecular weight excluding hydrogens is 306 g/mol. The third-order valence-electron chi connectivity index (χ3n) is 5.20. The minimum Gasteiger partial charge on any atom is -0.393 e. The maximum Gasteiger partial charge on any atom is 0.234 e. The van der Waals surface area contributed by atoms with Crippen molar-refractivity contribution in [2.24, 2.45) is 13.0 Å². The van der Waals surface area contributed by atoms with E-state index >= 15 is 0 Å². The Kier molecular flexibility index (Phi) is 5.53. The van der Waals surface area contributed by atoms with Crippen LogP contribution < -0.4 is 5.32 Å². The molecule has 2 fully saturated rings. The Balaban J connectivity index is 1.58. The van der Waals surface area contributed by atoms with Crippen LogP contribution in [0.3, 0.4) is 0 Å². The molecule has 1 saturated heterocycles. The van der Waals surface area contributed by atoms with Gasteiger partial charge in [0, 0.05) is 31.9 Å². The average Bonchev–Trinajstić information content (AvgIpc) is 2.83. The molecule has 134 valence electrons. The lowest BCUT2D eigenvalue weighted by atomic mass is 9.75. The molecule has 7 nitrogen and oxygen atoms in total. The van der Waals surface area contributed by atoms with Gasteiger partial charge in [-0.3, -0.25) is 14.4 Å². The van der Waals surface area contributed by atoms with Gasteiger partial charge in [0.25, 0.3) is 0 Å². The van der Waals surface area contributed by atoms with Crippen molar-refractivity contribution >= 4 is 5.91 Å². The maximum atomic E-state index is 12.6. The molecule has 0 spiro atoms. The zero-order chi connectivity index (χ0) is 17.1. The van der Waals surface area contributed by atoms with Crippen molar-refractivity contribution in [3.8, 4) is 0 Å². The highest BCUT2D eigenvalue weighted by Crippen LogP contribution is 2.37. The van der Waals surface area contributed by atoms with E-state index < -0.39 is 0 Å². The molecule has 24 heavy (non-hydrogen) atoms. The van der Waals surface area contributed by atoms with Crippen molar-refractivity contribution in [1.29, 1.82) is 0 Å². The van der Waals surface area contributed by atoms with Crippen LogP contribution in [0.1, 0.15) is 30.9 Å². The van der Waals surface area contributed by atoms with Crippen molar-refractivity contribution in [3.63, 3.8) is 0 Å². The smallest absolute Gasteiger partial charge is 0.234 e. The minimum absolute atomic E-state index is 0.0516. The van der Waals surface area contributed by atoms with Gasteiger partial charge >= 0.3 is 0 Å². The quantitative estimate of drug-likeness (QED) is 0.791. The summed E-state index contributed by atoms with van der Waals surface area (Å²) in [7, 11) is 4.01. The molecule has 0 bridgehead atoms. The van der Waals surface area contributed by atoms with E-state index in [0.29, 0.717) is 12.5 Å². The molecule has 1 aliphatic heterocycles. The summed E-state index contributed by atoms with van der Waals surface area (Å²) in [5.74, 6) is 0.359. The predicted octanol–water partition coefficient (Wildman–Crippen LogP) is -0.0142. The standard InChI is InChI=1S/C17H29N5O2/c1-20-4-3-5-22(7-6-20)12-16(24)19-17(13-8-15(23)9-13)14-10-18-21(2)11-14/h10-11,13,15,17,23H,3-9,12H2,1-2H3,(H,19,24)/t13?,15?,17-/m0/s1. The number of nitrogens with one attached hydrogen (secondary N) is 1. The van der Waals surface area contributed by atoms with Crippen molar-refractivity contribution in [1.82, 2.24) is 24.9 Å². The van der Waals surface area contributed by atoms with E-state index in [0.717, 1.165) is 51.0 Å². The molecule has 0 unspecified atom stereocenters. The fraction of sp³-hybridized carbons (Fsp3) is 0.765. The van der Waals surface area contributed by atoms with E-state index in [1.54, 1.807) is 4.68 Å². The highest BCUT2D eigenvalue weighted by atomic mass is 16.3. The predicted molar refractivity (Wildman–Crippen MR) is 91.4 cm³/mol. The Morgan fingerprint density at radius 3 is 2.79 bits per heavy atom. The average molecular weight is 335 g/mol. The number of rotatable bonds is 5. The topological polar surface area (TPSA) is 73.6 Å². The fourth-order valence-corrected chi connectivity index (χ4v) is 3.66. The zero-order valence-electron chi connectivity index (χ0n) is 14.7. The number of hydrogen-bond acceptors (Lipinski definition) is 5. The second-order valence-corrected chi connectivity index (χ2v) is 7.31. The van der Waals surface area contributed by atoms with Gasteiger partial charge < -0.3 is 15.3 Å². The Hall–Kier alpha value is -1.44. The number of carbonyl (C=O) groups is 1. The number of amides is 1. The van der Waals surface area contributed by atoms with E-state index in [2.05, 4.69) is 27.3 Å². The summed E-state index contributed by atoms with van der Waals surface area (Å²) < 4.78 is 1.76. The van der Waals surface area contributed by atoms with Gasteiger partial charge in [-0.1, -0.05) is 0 Å². The van der Waals surface area contributed by atoms with E-state index in [9.17, 15) is 9.90 Å². The lowest BCUT2D eigenvalue weighted by Crippen LogP contribution is -2.45. The molecule has 1 aliphatic carbocycles. The maximum absolute atomic E-state index is 12.6. The minimum atomic E-state index is -0.229. The number of nitrogens with zero attached hydrogens (tertiary/aromatic N) is 4. The molecule has 1 atom stereocenters. The van der Waals surface area contributed by atoms with E-state index in [1.165, 1.54) is 0 Å². The first-order valence-corrected chi connectivity index (χ1v) is 8.88. The first-order valence-electron chi connectivity index (χ1n) is 8.88. The van der Waals surface area contributed by atoms with Gasteiger partial charge in [-0.05, 0) is 45.3 Å². The van der Waals surface area contributed by atoms with Crippen LogP contribution in [-0.2, 0) is 11.8 Å². The van der Waals surface area contributed by atoms with Gasteiger partial charge in [-0.15, -0.1) is 0 Å². The van der Waals surface area contributed by atoms with Gasteiger partial charge in [0.1, 0.15) is 0 Å². The number of likely N-dealkylation sites (N-methyl/N-ethyl adjacent to an activating group) is 1. The number of hydrogen-bond donors (Lipinski definition) is 2. The summed E-state index contributed by atoms with van der Waals surface area (Å²) in [5, 5.41) is 17.0. The van der Waals surface area contributed by atoms with Crippen molar-refractivity contribution in [3.05, 3.63) is 18.0 Å². The fourth-order valence-electron chi connectivity index (χ4n) is 3.66. The largest absolute Gasteiger partial charge is 0.393 e. The van der Waals surface area contributed by atoms with Crippen molar-refractivity contribution < 1.29 is 9.90 Å². The van der Waals surface area contributed by atoms with Crippen LogP contribution in [0, 0.1) is 5.92 Å². The second kappa shape index (κ2) is 7.63. The highest BCUT2D eigenvalue weighted by molar-refractivity contribution is 5.78. The molecule has 2 N–H and O–H groups in total. The normalized spacial score (nSPS) is 27.3. The number of aliphatic hydroxyl groups is 1. The zero-order valence-corrected chi connectivity index (χ0v) is 14.7. The summed E-state index contributed by atoms with van der Waals surface area (Å²) in [6.45, 7) is 4.45. The first-order chi connectivity index (χ1) is 11.5. The van der Waals surface area contributed by atoms with Crippen LogP contribution in [0.15, 0.2) is 12.4 Å². The molecule has 1 saturated carbocycles. The van der Waals surface area contributed by atoms with Gasteiger partial charge in [0.2, 0.25) is 5.91 Å². The van der Waals surface area contributed by atoms with Crippen LogP contribution in [0.4, 0.5) is 0 Å². The highest BCUT2D eigenvalue weighted by Gasteiger charge is 2.36. The van der Waals surface area contributed by atoms with Crippen LogP contribution in [-0.4, -0.2) is 76.5 Å². The molecule has 0 radical (unpaired) electrons. The van der Waals surface area contributed by atoms with Gasteiger partial charge in [0.05, 0.1) is 24.9 Å². The van der Waals surface area contributed by atoms with Gasteiger partial charge in [-0.25, -0.2) is 0 Å². The number of aliphatic hydroxyl groups excluding tert-OH is 1. The Labute approximate surface area is 143 Å². The molecule has 2 aliphatic rings. The van der Waals surface area contributed by atoms with Crippen molar-refractivity contribution in [2.75, 3.05) is 39.8 Å². The van der Waals surface area contributed by atoms with Gasteiger partial charge in [-0.2, -0.15) is 5.10 Å². The van der Waals surface area contributed by atoms with Crippen LogP contribution in [0.2, 0.25) is 0 Å². The Bertz CT molecular complexity index is 555. The van der Waals surface area contributed by atoms with Gasteiger partial charge in [0.15, 0.2) is 0 Å². The van der Waals surface area contributed by atoms with Crippen molar-refractivity contribution in [2.45, 2.75) is 31.4 Å². The van der Waals surface area contributed by atoms with E-state index in [4.69, 9.17) is 0 Å². The molecule has 7 heteroatoms. The second-order valence-electron chi connectivity index (χ2n) is 7.31. The lowest BCUT2D eigenvalue weighted by Gasteiger charge is -2.38. The SMILES string of the molecule is CN1CCCN(CC(=O)N[C@H](c2cnn(C)c2)C2CC(O)C2)CC1. The third kappa shape index (κ3) is 4.34.